The zero-order chi connectivity index (χ0) is 24.8. The number of β-amino-alcohol motifs (C(OH)–C–C–N with tert-alkyl or cyclic N) is 1. The van der Waals surface area contributed by atoms with E-state index >= 15 is 0 Å². The van der Waals surface area contributed by atoms with Crippen LogP contribution in [0.2, 0.25) is 0 Å². The largest absolute Gasteiger partial charge is 0.497 e. The molecule has 8 heteroatoms. The van der Waals surface area contributed by atoms with E-state index in [0.717, 1.165) is 30.9 Å². The van der Waals surface area contributed by atoms with Gasteiger partial charge in [0.1, 0.15) is 24.2 Å². The number of rotatable bonds is 10. The number of methoxy groups -OCH3 is 3. The molecule has 0 fully saturated rings. The van der Waals surface area contributed by atoms with E-state index in [2.05, 4.69) is 29.2 Å². The number of ether oxygens (including phenoxy) is 4. The summed E-state index contributed by atoms with van der Waals surface area (Å²) >= 11 is 0. The van der Waals surface area contributed by atoms with E-state index in [1.165, 1.54) is 16.7 Å². The molecule has 36 heavy (non-hydrogen) atoms. The van der Waals surface area contributed by atoms with Gasteiger partial charge in [0.2, 0.25) is 0 Å². The molecular weight excluding hydrogens is 480 g/mol. The lowest BCUT2D eigenvalue weighted by molar-refractivity contribution is 0.0482. The lowest BCUT2D eigenvalue weighted by atomic mass is 9.88. The smallest absolute Gasteiger partial charge is 0.161 e. The fourth-order valence-electron chi connectivity index (χ4n) is 4.60. The number of hydrogen-bond donors (Lipinski definition) is 2. The van der Waals surface area contributed by atoms with Crippen molar-refractivity contribution in [2.75, 3.05) is 46.8 Å². The lowest BCUT2D eigenvalue weighted by Gasteiger charge is -2.39. The summed E-state index contributed by atoms with van der Waals surface area (Å²) in [6.45, 7) is 1.51. The molecule has 0 aliphatic carbocycles. The molecule has 1 heterocycles. The van der Waals surface area contributed by atoms with Crippen molar-refractivity contribution in [3.05, 3.63) is 77.4 Å². The Bertz CT molecular complexity index is 1110. The molecular formula is C28H35ClN2O5. The molecule has 0 spiro atoms. The number of nitrogens with two attached hydrogens (primary N) is 1. The second-order valence-electron chi connectivity index (χ2n) is 8.75. The van der Waals surface area contributed by atoms with Crippen molar-refractivity contribution >= 4 is 18.1 Å². The first-order chi connectivity index (χ1) is 17.0. The van der Waals surface area contributed by atoms with Crippen LogP contribution < -0.4 is 24.7 Å². The molecule has 0 aromatic heterocycles. The van der Waals surface area contributed by atoms with Crippen molar-refractivity contribution in [1.29, 1.82) is 0 Å². The fraction of sp³-hybridized carbons (Fsp3) is 0.357. The maximum atomic E-state index is 10.8. The quantitative estimate of drug-likeness (QED) is 0.390. The van der Waals surface area contributed by atoms with Gasteiger partial charge in [0.05, 0.1) is 21.3 Å². The Kier molecular flexibility index (Phi) is 9.70. The first-order valence-corrected chi connectivity index (χ1v) is 11.8. The lowest BCUT2D eigenvalue weighted by Crippen LogP contribution is -2.42. The van der Waals surface area contributed by atoms with Crippen LogP contribution >= 0.6 is 12.4 Å². The van der Waals surface area contributed by atoms with Gasteiger partial charge in [-0.25, -0.2) is 0 Å². The van der Waals surface area contributed by atoms with E-state index in [0.29, 0.717) is 23.7 Å². The normalized spacial score (nSPS) is 15.8. The first-order valence-electron chi connectivity index (χ1n) is 11.8. The number of nitrogens with zero attached hydrogens (tertiary/aromatic N) is 1. The maximum Gasteiger partial charge on any atom is 0.161 e. The average molecular weight is 515 g/mol. The molecule has 0 saturated heterocycles. The highest BCUT2D eigenvalue weighted by molar-refractivity contribution is 5.85. The van der Waals surface area contributed by atoms with E-state index < -0.39 is 6.10 Å². The molecule has 3 N–H and O–H groups in total. The SMILES string of the molecule is COc1ccc(CC2c3cc(OC)c(OC)cc3CCN2CC(O)COc2ccc(N)cc2)cc1.Cl. The molecule has 0 amide bonds. The Balaban J connectivity index is 0.00000361. The second-order valence-corrected chi connectivity index (χ2v) is 8.75. The number of fused-ring (bicyclic) bond motifs is 1. The van der Waals surface area contributed by atoms with Gasteiger partial charge in [-0.15, -0.1) is 12.4 Å². The van der Waals surface area contributed by atoms with Gasteiger partial charge in [-0.2, -0.15) is 0 Å². The molecule has 0 radical (unpaired) electrons. The number of aliphatic hydroxyl groups excluding tert-OH is 1. The van der Waals surface area contributed by atoms with Crippen LogP contribution in [0.1, 0.15) is 22.7 Å². The summed E-state index contributed by atoms with van der Waals surface area (Å²) in [5, 5.41) is 10.8. The van der Waals surface area contributed by atoms with Crippen LogP contribution in [-0.2, 0) is 12.8 Å². The number of benzene rings is 3. The molecule has 0 bridgehead atoms. The number of aliphatic hydroxyl groups is 1. The summed E-state index contributed by atoms with van der Waals surface area (Å²) in [7, 11) is 4.98. The molecule has 4 rings (SSSR count). The third kappa shape index (κ3) is 6.55. The van der Waals surface area contributed by atoms with Crippen LogP contribution in [0.5, 0.6) is 23.0 Å². The van der Waals surface area contributed by atoms with Crippen LogP contribution in [0.3, 0.4) is 0 Å². The van der Waals surface area contributed by atoms with Crippen molar-refractivity contribution in [3.8, 4) is 23.0 Å². The standard InChI is InChI=1S/C28H34N2O5.ClH/c1-32-23-8-4-19(5-9-23)14-26-25-16-28(34-3)27(33-2)15-20(25)12-13-30(26)17-22(31)18-35-24-10-6-21(29)7-11-24;/h4-11,15-16,22,26,31H,12-14,17-18,29H2,1-3H3;1H. The Hall–Kier alpha value is -3.13. The molecule has 2 unspecified atom stereocenters. The first kappa shape index (κ1) is 27.5. The van der Waals surface area contributed by atoms with Gasteiger partial charge in [0.15, 0.2) is 11.5 Å². The number of nitrogen functional groups attached to an aromatic ring is 1. The van der Waals surface area contributed by atoms with Gasteiger partial charge in [-0.05, 0) is 78.1 Å². The highest BCUT2D eigenvalue weighted by atomic mass is 35.5. The molecule has 1 aliphatic rings. The number of hydrogen-bond acceptors (Lipinski definition) is 7. The van der Waals surface area contributed by atoms with Gasteiger partial charge in [0, 0.05) is 24.8 Å². The van der Waals surface area contributed by atoms with Gasteiger partial charge in [-0.3, -0.25) is 4.90 Å². The summed E-state index contributed by atoms with van der Waals surface area (Å²) in [5.74, 6) is 2.96. The second kappa shape index (κ2) is 12.7. The Morgan fingerprint density at radius 3 is 2.19 bits per heavy atom. The number of anilines is 1. The van der Waals surface area contributed by atoms with Crippen molar-refractivity contribution in [1.82, 2.24) is 4.90 Å². The minimum atomic E-state index is -0.646. The van der Waals surface area contributed by atoms with Crippen LogP contribution in [0.25, 0.3) is 0 Å². The van der Waals surface area contributed by atoms with E-state index in [4.69, 9.17) is 24.7 Å². The van der Waals surface area contributed by atoms with E-state index in [-0.39, 0.29) is 25.1 Å². The third-order valence-electron chi connectivity index (χ3n) is 6.47. The predicted molar refractivity (Wildman–Crippen MR) is 144 cm³/mol. The van der Waals surface area contributed by atoms with E-state index in [1.54, 1.807) is 33.5 Å². The van der Waals surface area contributed by atoms with Gasteiger partial charge >= 0.3 is 0 Å². The summed E-state index contributed by atoms with van der Waals surface area (Å²) in [4.78, 5) is 2.33. The summed E-state index contributed by atoms with van der Waals surface area (Å²) < 4.78 is 22.3. The van der Waals surface area contributed by atoms with Gasteiger partial charge < -0.3 is 29.8 Å². The van der Waals surface area contributed by atoms with E-state index in [9.17, 15) is 5.11 Å². The zero-order valence-corrected chi connectivity index (χ0v) is 21.8. The average Bonchev–Trinajstić information content (AvgIpc) is 2.89. The molecule has 194 valence electrons. The summed E-state index contributed by atoms with van der Waals surface area (Å²) in [6.07, 6.45) is 1.01. The van der Waals surface area contributed by atoms with Crippen molar-refractivity contribution in [2.45, 2.75) is 25.0 Å². The predicted octanol–water partition coefficient (Wildman–Crippen LogP) is 4.30. The zero-order valence-electron chi connectivity index (χ0n) is 21.0. The van der Waals surface area contributed by atoms with Crippen molar-refractivity contribution in [2.24, 2.45) is 0 Å². The van der Waals surface area contributed by atoms with Crippen molar-refractivity contribution < 1.29 is 24.1 Å². The number of halogens is 1. The third-order valence-corrected chi connectivity index (χ3v) is 6.47. The summed E-state index contributed by atoms with van der Waals surface area (Å²) in [5.41, 5.74) is 10.0. The minimum absolute atomic E-state index is 0. The fourth-order valence-corrected chi connectivity index (χ4v) is 4.60. The Morgan fingerprint density at radius 1 is 0.917 bits per heavy atom. The minimum Gasteiger partial charge on any atom is -0.497 e. The topological polar surface area (TPSA) is 86.4 Å². The monoisotopic (exact) mass is 514 g/mol. The Morgan fingerprint density at radius 2 is 1.56 bits per heavy atom. The van der Waals surface area contributed by atoms with Crippen LogP contribution in [0.4, 0.5) is 5.69 Å². The van der Waals surface area contributed by atoms with Crippen LogP contribution in [0, 0.1) is 0 Å². The van der Waals surface area contributed by atoms with E-state index in [1.807, 2.05) is 24.3 Å². The molecule has 3 aromatic rings. The summed E-state index contributed by atoms with van der Waals surface area (Å²) in [6, 6.07) is 19.6. The highest BCUT2D eigenvalue weighted by Gasteiger charge is 2.30. The highest BCUT2D eigenvalue weighted by Crippen LogP contribution is 2.39. The molecule has 7 nitrogen and oxygen atoms in total. The van der Waals surface area contributed by atoms with Crippen molar-refractivity contribution in [3.63, 3.8) is 0 Å². The molecule has 0 saturated carbocycles. The Labute approximate surface area is 219 Å². The molecule has 2 atom stereocenters. The van der Waals surface area contributed by atoms with Gasteiger partial charge in [-0.1, -0.05) is 12.1 Å². The molecule has 3 aromatic carbocycles. The van der Waals surface area contributed by atoms with Crippen LogP contribution in [-0.4, -0.2) is 57.1 Å². The van der Waals surface area contributed by atoms with Crippen LogP contribution in [0.15, 0.2) is 60.7 Å². The maximum absolute atomic E-state index is 10.8. The van der Waals surface area contributed by atoms with Gasteiger partial charge in [0.25, 0.3) is 0 Å². The molecule has 1 aliphatic heterocycles.